The van der Waals surface area contributed by atoms with Crippen molar-refractivity contribution >= 4 is 27.0 Å². The van der Waals surface area contributed by atoms with Gasteiger partial charge in [0, 0.05) is 18.9 Å². The lowest BCUT2D eigenvalue weighted by Gasteiger charge is -2.27. The maximum Gasteiger partial charge on any atom is 0.419 e. The molecule has 0 bridgehead atoms. The van der Waals surface area contributed by atoms with Crippen molar-refractivity contribution in [1.82, 2.24) is 0 Å². The Morgan fingerprint density at radius 1 is 0.897 bits per heavy atom. The molecule has 0 heterocycles. The number of benzene rings is 2. The fraction of sp³-hybridized carbons (Fsp3) is 0.278. The first kappa shape index (κ1) is 22.7. The third kappa shape index (κ3) is 5.28. The van der Waals surface area contributed by atoms with Crippen LogP contribution in [0.5, 0.6) is 0 Å². The molecule has 0 saturated carbocycles. The number of halogens is 6. The number of para-hydroxylation sites is 1. The van der Waals surface area contributed by atoms with Crippen LogP contribution in [-0.2, 0) is 22.2 Å². The Labute approximate surface area is 162 Å². The van der Waals surface area contributed by atoms with Crippen LogP contribution in [0.3, 0.4) is 0 Å². The normalized spacial score (nSPS) is 12.7. The monoisotopic (exact) mass is 439 g/mol. The topological polar surface area (TPSA) is 54.5 Å². The first-order valence-corrected chi connectivity index (χ1v) is 10.00. The average molecular weight is 439 g/mol. The maximum absolute atomic E-state index is 13.5. The second-order valence-electron chi connectivity index (χ2n) is 6.26. The number of alkyl halides is 6. The number of hydrogen-bond donors (Lipinski definition) is 0. The molecule has 158 valence electrons. The molecule has 0 atom stereocenters. The van der Waals surface area contributed by atoms with Crippen molar-refractivity contribution in [3.8, 4) is 0 Å². The Kier molecular flexibility index (Phi) is 6.03. The summed E-state index contributed by atoms with van der Waals surface area (Å²) in [6, 6.07) is 7.13. The zero-order valence-corrected chi connectivity index (χ0v) is 15.9. The lowest BCUT2D eigenvalue weighted by Crippen LogP contribution is -2.24. The first-order chi connectivity index (χ1) is 13.1. The van der Waals surface area contributed by atoms with E-state index in [0.29, 0.717) is 6.07 Å². The zero-order valence-electron chi connectivity index (χ0n) is 15.1. The number of nitrogens with zero attached hydrogens (tertiary/aromatic N) is 1. The van der Waals surface area contributed by atoms with Crippen LogP contribution in [0.15, 0.2) is 42.5 Å². The van der Waals surface area contributed by atoms with E-state index in [1.54, 1.807) is 0 Å². The minimum absolute atomic E-state index is 0.161. The molecule has 0 aliphatic rings. The third-order valence-electron chi connectivity index (χ3n) is 3.95. The van der Waals surface area contributed by atoms with Gasteiger partial charge in [-0.2, -0.15) is 26.3 Å². The number of carbonyl (C=O) groups excluding carboxylic acids is 1. The summed E-state index contributed by atoms with van der Waals surface area (Å²) < 4.78 is 103. The van der Waals surface area contributed by atoms with E-state index in [2.05, 4.69) is 0 Å². The van der Waals surface area contributed by atoms with Gasteiger partial charge in [0.2, 0.25) is 0 Å². The molecule has 0 unspecified atom stereocenters. The van der Waals surface area contributed by atoms with Crippen LogP contribution < -0.4 is 4.90 Å². The summed E-state index contributed by atoms with van der Waals surface area (Å²) in [6.45, 7) is 0. The van der Waals surface area contributed by atoms with Gasteiger partial charge in [0.15, 0.2) is 15.6 Å². The van der Waals surface area contributed by atoms with E-state index in [-0.39, 0.29) is 11.3 Å². The predicted octanol–water partition coefficient (Wildman–Crippen LogP) is 4.72. The average Bonchev–Trinajstić information content (AvgIpc) is 2.57. The number of rotatable bonds is 5. The highest BCUT2D eigenvalue weighted by Gasteiger charge is 2.45. The summed E-state index contributed by atoms with van der Waals surface area (Å²) in [6.07, 6.45) is -9.78. The van der Waals surface area contributed by atoms with Gasteiger partial charge in [-0.25, -0.2) is 8.42 Å². The molecule has 0 aliphatic heterocycles. The first-order valence-electron chi connectivity index (χ1n) is 7.94. The van der Waals surface area contributed by atoms with Crippen molar-refractivity contribution in [1.29, 1.82) is 0 Å². The van der Waals surface area contributed by atoms with Crippen LogP contribution >= 0.6 is 0 Å². The molecular formula is C18H15F6NO3S. The Bertz CT molecular complexity index is 1030. The minimum atomic E-state index is -5.33. The third-order valence-corrected chi connectivity index (χ3v) is 4.74. The van der Waals surface area contributed by atoms with Crippen LogP contribution in [-0.4, -0.2) is 33.3 Å². The molecule has 0 radical (unpaired) electrons. The van der Waals surface area contributed by atoms with E-state index in [1.165, 1.54) is 24.3 Å². The Morgan fingerprint density at radius 3 is 1.97 bits per heavy atom. The molecule has 0 saturated heterocycles. The molecule has 2 rings (SSSR count). The second-order valence-corrected chi connectivity index (χ2v) is 8.40. The maximum atomic E-state index is 13.5. The Hall–Kier alpha value is -2.56. The van der Waals surface area contributed by atoms with E-state index in [9.17, 15) is 39.6 Å². The summed E-state index contributed by atoms with van der Waals surface area (Å²) in [4.78, 5) is 13.1. The molecule has 0 N–H and O–H groups in total. The van der Waals surface area contributed by atoms with Gasteiger partial charge in [0.25, 0.3) is 0 Å². The van der Waals surface area contributed by atoms with E-state index in [4.69, 9.17) is 0 Å². The van der Waals surface area contributed by atoms with Gasteiger partial charge in [-0.3, -0.25) is 4.79 Å². The molecule has 0 amide bonds. The van der Waals surface area contributed by atoms with Crippen molar-refractivity contribution in [3.63, 3.8) is 0 Å². The molecule has 0 aromatic heterocycles. The highest BCUT2D eigenvalue weighted by Crippen LogP contribution is 2.46. The largest absolute Gasteiger partial charge is 0.419 e. The van der Waals surface area contributed by atoms with Crippen LogP contribution in [0.25, 0.3) is 0 Å². The van der Waals surface area contributed by atoms with Gasteiger partial charge < -0.3 is 4.90 Å². The number of carbonyl (C=O) groups is 1. The summed E-state index contributed by atoms with van der Waals surface area (Å²) in [5, 5.41) is 0. The molecule has 0 aliphatic carbocycles. The Morgan fingerprint density at radius 2 is 1.45 bits per heavy atom. The number of Topliss-reactive ketones (excluding diaryl/α,β-unsaturated/α-hetero) is 1. The van der Waals surface area contributed by atoms with E-state index in [0.717, 1.165) is 30.3 Å². The highest BCUT2D eigenvalue weighted by atomic mass is 32.2. The van der Waals surface area contributed by atoms with Crippen molar-refractivity contribution < 1.29 is 39.6 Å². The van der Waals surface area contributed by atoms with Gasteiger partial charge in [-0.1, -0.05) is 18.2 Å². The fourth-order valence-corrected chi connectivity index (χ4v) is 3.43. The summed E-state index contributed by atoms with van der Waals surface area (Å²) >= 11 is 0. The van der Waals surface area contributed by atoms with Crippen molar-refractivity contribution in [2.24, 2.45) is 0 Å². The Balaban J connectivity index is 2.69. The molecule has 4 nitrogen and oxygen atoms in total. The minimum Gasteiger partial charge on any atom is -0.344 e. The molecule has 2 aromatic carbocycles. The van der Waals surface area contributed by atoms with Gasteiger partial charge in [-0.05, 0) is 24.3 Å². The van der Waals surface area contributed by atoms with E-state index < -0.39 is 50.5 Å². The van der Waals surface area contributed by atoms with Crippen molar-refractivity contribution in [2.45, 2.75) is 12.4 Å². The van der Waals surface area contributed by atoms with Crippen molar-refractivity contribution in [2.75, 3.05) is 24.0 Å². The van der Waals surface area contributed by atoms with Crippen molar-refractivity contribution in [3.05, 3.63) is 59.2 Å². The second kappa shape index (κ2) is 7.69. The molecule has 11 heteroatoms. The zero-order chi connectivity index (χ0) is 22.2. The van der Waals surface area contributed by atoms with Crippen LogP contribution in [0, 0.1) is 0 Å². The van der Waals surface area contributed by atoms with E-state index in [1.807, 2.05) is 0 Å². The van der Waals surface area contributed by atoms with Gasteiger partial charge in [0.05, 0.1) is 22.5 Å². The summed E-state index contributed by atoms with van der Waals surface area (Å²) in [5.41, 5.74) is -4.99. The van der Waals surface area contributed by atoms with Crippen LogP contribution in [0.4, 0.5) is 37.7 Å². The molecule has 0 spiro atoms. The predicted molar refractivity (Wildman–Crippen MR) is 95.0 cm³/mol. The summed E-state index contributed by atoms with van der Waals surface area (Å²) in [5.74, 6) is -1.79. The van der Waals surface area contributed by atoms with Gasteiger partial charge in [-0.15, -0.1) is 0 Å². The number of hydrogen-bond acceptors (Lipinski definition) is 4. The highest BCUT2D eigenvalue weighted by molar-refractivity contribution is 7.91. The summed E-state index contributed by atoms with van der Waals surface area (Å²) in [7, 11) is -2.67. The molecule has 29 heavy (non-hydrogen) atoms. The fourth-order valence-electron chi connectivity index (χ4n) is 2.80. The standard InChI is InChI=1S/C18H15F6NO3S/c1-25(13-8-4-3-6-11(13)15(26)10-29(2,27)28)14-9-5-7-12(17(19,20)21)16(14)18(22,23)24/h3-9H,10H2,1-2H3. The molecule has 0 fully saturated rings. The van der Waals surface area contributed by atoms with Crippen LogP contribution in [0.1, 0.15) is 21.5 Å². The lowest BCUT2D eigenvalue weighted by molar-refractivity contribution is -0.161. The number of sulfone groups is 1. The number of anilines is 2. The van der Waals surface area contributed by atoms with Gasteiger partial charge >= 0.3 is 12.4 Å². The quantitative estimate of drug-likeness (QED) is 0.500. The van der Waals surface area contributed by atoms with Crippen LogP contribution in [0.2, 0.25) is 0 Å². The number of ketones is 1. The lowest BCUT2D eigenvalue weighted by atomic mass is 10.0. The van der Waals surface area contributed by atoms with E-state index >= 15 is 0 Å². The SMILES string of the molecule is CN(c1ccccc1C(=O)CS(C)(=O)=O)c1cccc(C(F)(F)F)c1C(F)(F)F. The molecular weight excluding hydrogens is 424 g/mol. The van der Waals surface area contributed by atoms with Gasteiger partial charge in [0.1, 0.15) is 5.75 Å². The molecule has 2 aromatic rings. The smallest absolute Gasteiger partial charge is 0.344 e.